The van der Waals surface area contributed by atoms with Gasteiger partial charge in [0.05, 0.1) is 24.0 Å². The number of morpholine rings is 1. The second-order valence-electron chi connectivity index (χ2n) is 8.29. The first-order valence-electron chi connectivity index (χ1n) is 11.0. The highest BCUT2D eigenvalue weighted by Crippen LogP contribution is 2.34. The van der Waals surface area contributed by atoms with Crippen LogP contribution in [0.25, 0.3) is 11.4 Å². The summed E-state index contributed by atoms with van der Waals surface area (Å²) in [6.07, 6.45) is 6.03. The fourth-order valence-corrected chi connectivity index (χ4v) is 5.58. The van der Waals surface area contributed by atoms with Gasteiger partial charge in [0.15, 0.2) is 11.0 Å². The summed E-state index contributed by atoms with van der Waals surface area (Å²) in [7, 11) is 1.90. The third-order valence-corrected chi connectivity index (χ3v) is 7.71. The van der Waals surface area contributed by atoms with Crippen molar-refractivity contribution in [1.29, 1.82) is 0 Å². The molecule has 1 amide bonds. The molecule has 9 heteroatoms. The van der Waals surface area contributed by atoms with Gasteiger partial charge >= 0.3 is 0 Å². The van der Waals surface area contributed by atoms with Gasteiger partial charge < -0.3 is 14.6 Å². The molecule has 1 N–H and O–H groups in total. The van der Waals surface area contributed by atoms with Crippen molar-refractivity contribution in [3.63, 3.8) is 0 Å². The Labute approximate surface area is 192 Å². The van der Waals surface area contributed by atoms with Crippen LogP contribution in [0.5, 0.6) is 0 Å². The van der Waals surface area contributed by atoms with Crippen LogP contribution >= 0.6 is 23.4 Å². The Kier molecular flexibility index (Phi) is 7.53. The van der Waals surface area contributed by atoms with Crippen molar-refractivity contribution in [1.82, 2.24) is 25.0 Å². The lowest BCUT2D eigenvalue weighted by Crippen LogP contribution is -2.59. The lowest BCUT2D eigenvalue weighted by atomic mass is 9.79. The highest BCUT2D eigenvalue weighted by atomic mass is 35.5. The van der Waals surface area contributed by atoms with Gasteiger partial charge in [-0.25, -0.2) is 0 Å². The minimum Gasteiger partial charge on any atom is -0.379 e. The first-order chi connectivity index (χ1) is 15.1. The Hall–Kier alpha value is -1.61. The molecule has 31 heavy (non-hydrogen) atoms. The molecule has 0 spiro atoms. The number of nitrogens with one attached hydrogen (secondary N) is 1. The molecule has 0 atom stereocenters. The quantitative estimate of drug-likeness (QED) is 0.634. The van der Waals surface area contributed by atoms with Gasteiger partial charge in [0.25, 0.3) is 0 Å². The topological polar surface area (TPSA) is 72.3 Å². The minimum atomic E-state index is 0.0329. The van der Waals surface area contributed by atoms with Crippen LogP contribution in [0.1, 0.15) is 32.1 Å². The number of nitrogens with zero attached hydrogens (tertiary/aromatic N) is 4. The molecule has 7 nitrogen and oxygen atoms in total. The maximum absolute atomic E-state index is 12.7. The Morgan fingerprint density at radius 2 is 1.94 bits per heavy atom. The van der Waals surface area contributed by atoms with Gasteiger partial charge in [0, 0.05) is 37.8 Å². The number of thioether (sulfide) groups is 1. The van der Waals surface area contributed by atoms with Crippen LogP contribution < -0.4 is 5.32 Å². The number of carbonyl (C=O) groups excluding carboxylic acids is 1. The van der Waals surface area contributed by atoms with E-state index in [1.165, 1.54) is 31.0 Å². The molecule has 4 rings (SSSR count). The summed E-state index contributed by atoms with van der Waals surface area (Å²) in [6, 6.07) is 7.56. The molecule has 1 saturated heterocycles. The monoisotopic (exact) mass is 463 g/mol. The number of benzene rings is 1. The van der Waals surface area contributed by atoms with E-state index in [9.17, 15) is 4.79 Å². The van der Waals surface area contributed by atoms with Crippen LogP contribution in [0.4, 0.5) is 0 Å². The van der Waals surface area contributed by atoms with Crippen molar-refractivity contribution < 1.29 is 9.53 Å². The van der Waals surface area contributed by atoms with Crippen LogP contribution in [-0.4, -0.2) is 69.7 Å². The molecule has 2 aromatic rings. The van der Waals surface area contributed by atoms with E-state index in [1.807, 2.05) is 35.9 Å². The van der Waals surface area contributed by atoms with Crippen LogP contribution in [-0.2, 0) is 16.6 Å². The first kappa shape index (κ1) is 22.6. The molecule has 1 saturated carbocycles. The number of hydrogen-bond acceptors (Lipinski definition) is 6. The van der Waals surface area contributed by atoms with E-state index in [-0.39, 0.29) is 11.4 Å². The maximum atomic E-state index is 12.7. The smallest absolute Gasteiger partial charge is 0.230 e. The van der Waals surface area contributed by atoms with Crippen molar-refractivity contribution in [3.05, 3.63) is 29.3 Å². The van der Waals surface area contributed by atoms with Crippen molar-refractivity contribution in [2.75, 3.05) is 38.6 Å². The van der Waals surface area contributed by atoms with Gasteiger partial charge in [0.2, 0.25) is 5.91 Å². The molecule has 2 aliphatic rings. The first-order valence-corrected chi connectivity index (χ1v) is 12.3. The average molecular weight is 464 g/mol. The third-order valence-electron chi connectivity index (χ3n) is 6.36. The number of hydrogen-bond donors (Lipinski definition) is 1. The number of rotatable bonds is 7. The molecule has 0 bridgehead atoms. The summed E-state index contributed by atoms with van der Waals surface area (Å²) in [5.41, 5.74) is 0.907. The molecule has 2 heterocycles. The lowest BCUT2D eigenvalue weighted by molar-refractivity contribution is -0.119. The zero-order chi connectivity index (χ0) is 21.7. The normalized spacial score (nSPS) is 19.3. The highest BCUT2D eigenvalue weighted by Gasteiger charge is 2.38. The Bertz CT molecular complexity index is 894. The second-order valence-corrected chi connectivity index (χ2v) is 9.64. The number of ether oxygens (including phenoxy) is 1. The number of carbonyl (C=O) groups is 1. The highest BCUT2D eigenvalue weighted by molar-refractivity contribution is 7.99. The number of aromatic nitrogens is 3. The maximum Gasteiger partial charge on any atom is 0.230 e. The van der Waals surface area contributed by atoms with Crippen molar-refractivity contribution >= 4 is 29.3 Å². The summed E-state index contributed by atoms with van der Waals surface area (Å²) < 4.78 is 7.43. The zero-order valence-corrected chi connectivity index (χ0v) is 19.6. The van der Waals surface area contributed by atoms with Gasteiger partial charge in [-0.15, -0.1) is 10.2 Å². The average Bonchev–Trinajstić information content (AvgIpc) is 3.18. The molecule has 0 radical (unpaired) electrons. The van der Waals surface area contributed by atoms with E-state index in [1.54, 1.807) is 0 Å². The zero-order valence-electron chi connectivity index (χ0n) is 18.0. The summed E-state index contributed by atoms with van der Waals surface area (Å²) in [4.78, 5) is 15.2. The molecular weight excluding hydrogens is 434 g/mol. The minimum absolute atomic E-state index is 0.0329. The molecule has 1 aromatic heterocycles. The summed E-state index contributed by atoms with van der Waals surface area (Å²) in [5.74, 6) is 1.04. The van der Waals surface area contributed by atoms with Gasteiger partial charge in [-0.1, -0.05) is 54.8 Å². The molecule has 1 aliphatic heterocycles. The van der Waals surface area contributed by atoms with Gasteiger partial charge in [-0.2, -0.15) is 0 Å². The van der Waals surface area contributed by atoms with Crippen LogP contribution in [0, 0.1) is 0 Å². The number of amides is 1. The second kappa shape index (κ2) is 10.3. The van der Waals surface area contributed by atoms with E-state index in [2.05, 4.69) is 20.4 Å². The molecule has 1 aromatic carbocycles. The van der Waals surface area contributed by atoms with Crippen molar-refractivity contribution in [2.45, 2.75) is 42.8 Å². The van der Waals surface area contributed by atoms with E-state index in [0.29, 0.717) is 28.3 Å². The molecular formula is C22H30ClN5O2S. The SMILES string of the molecule is Cn1c(SCC(=O)NCC2(N3CCOCC3)CCCCC2)nnc1-c1ccccc1Cl. The summed E-state index contributed by atoms with van der Waals surface area (Å²) in [6.45, 7) is 4.18. The predicted octanol–water partition coefficient (Wildman–Crippen LogP) is 3.38. The molecule has 1 aliphatic carbocycles. The van der Waals surface area contributed by atoms with Crippen LogP contribution in [0.2, 0.25) is 5.02 Å². The Morgan fingerprint density at radius 1 is 1.19 bits per heavy atom. The third kappa shape index (κ3) is 5.25. The van der Waals surface area contributed by atoms with E-state index >= 15 is 0 Å². The van der Waals surface area contributed by atoms with Crippen molar-refractivity contribution in [3.8, 4) is 11.4 Å². The number of halogens is 1. The standard InChI is InChI=1S/C22H30ClN5O2S/c1-27-20(17-7-3-4-8-18(17)23)25-26-21(27)31-15-19(29)24-16-22(9-5-2-6-10-22)28-11-13-30-14-12-28/h3-4,7-8H,2,5-6,9-16H2,1H3,(H,24,29). The Balaban J connectivity index is 1.34. The van der Waals surface area contributed by atoms with E-state index < -0.39 is 0 Å². The van der Waals surface area contributed by atoms with Crippen LogP contribution in [0.3, 0.4) is 0 Å². The largest absolute Gasteiger partial charge is 0.379 e. The van der Waals surface area contributed by atoms with E-state index in [0.717, 1.165) is 44.7 Å². The molecule has 2 fully saturated rings. The summed E-state index contributed by atoms with van der Waals surface area (Å²) >= 11 is 7.69. The van der Waals surface area contributed by atoms with Gasteiger partial charge in [-0.3, -0.25) is 9.69 Å². The molecule has 168 valence electrons. The Morgan fingerprint density at radius 3 is 2.68 bits per heavy atom. The van der Waals surface area contributed by atoms with Crippen molar-refractivity contribution in [2.24, 2.45) is 7.05 Å². The fraction of sp³-hybridized carbons (Fsp3) is 0.591. The predicted molar refractivity (Wildman–Crippen MR) is 123 cm³/mol. The lowest BCUT2D eigenvalue weighted by Gasteiger charge is -2.48. The van der Waals surface area contributed by atoms with Gasteiger partial charge in [-0.05, 0) is 25.0 Å². The molecule has 0 unspecified atom stereocenters. The van der Waals surface area contributed by atoms with Crippen LogP contribution in [0.15, 0.2) is 29.4 Å². The van der Waals surface area contributed by atoms with Gasteiger partial charge in [0.1, 0.15) is 0 Å². The van der Waals surface area contributed by atoms with E-state index in [4.69, 9.17) is 16.3 Å². The fourth-order valence-electron chi connectivity index (χ4n) is 4.61. The summed E-state index contributed by atoms with van der Waals surface area (Å²) in [5, 5.41) is 13.1.